The van der Waals surface area contributed by atoms with Gasteiger partial charge in [0.15, 0.2) is 0 Å². The molecule has 1 fully saturated rings. The lowest BCUT2D eigenvalue weighted by molar-refractivity contribution is -0.144. The summed E-state index contributed by atoms with van der Waals surface area (Å²) >= 11 is 0. The molecule has 2 unspecified atom stereocenters. The summed E-state index contributed by atoms with van der Waals surface area (Å²) in [6.45, 7) is 4.21. The van der Waals surface area contributed by atoms with E-state index in [1.165, 1.54) is 4.90 Å². The molecule has 1 aliphatic rings. The van der Waals surface area contributed by atoms with Crippen molar-refractivity contribution in [2.45, 2.75) is 45.1 Å². The van der Waals surface area contributed by atoms with Gasteiger partial charge in [0.05, 0.1) is 0 Å². The molecule has 0 radical (unpaired) electrons. The van der Waals surface area contributed by atoms with Crippen molar-refractivity contribution < 1.29 is 14.7 Å². The summed E-state index contributed by atoms with van der Waals surface area (Å²) in [6.07, 6.45) is 4.37. The van der Waals surface area contributed by atoms with Gasteiger partial charge in [-0.25, -0.2) is 9.59 Å². The second kappa shape index (κ2) is 8.87. The highest BCUT2D eigenvalue weighted by Gasteiger charge is 2.35. The van der Waals surface area contributed by atoms with E-state index in [1.54, 1.807) is 0 Å². The number of carbonyl (C=O) groups excluding carboxylic acids is 1. The second-order valence-electron chi connectivity index (χ2n) is 6.09. The van der Waals surface area contributed by atoms with Crippen LogP contribution in [-0.2, 0) is 4.79 Å². The van der Waals surface area contributed by atoms with Crippen LogP contribution in [0.2, 0.25) is 0 Å². The van der Waals surface area contributed by atoms with Crippen LogP contribution in [0.3, 0.4) is 0 Å². The van der Waals surface area contributed by atoms with Crippen LogP contribution in [0.15, 0.2) is 0 Å². The number of carbonyl (C=O) groups is 2. The van der Waals surface area contributed by atoms with Gasteiger partial charge in [-0.1, -0.05) is 13.3 Å². The SMILES string of the molecule is CCC1CCN(C(=O)NCCCCN(C)C)C(C(=O)O)C1. The van der Waals surface area contributed by atoms with Crippen molar-refractivity contribution in [2.24, 2.45) is 5.92 Å². The van der Waals surface area contributed by atoms with Gasteiger partial charge < -0.3 is 20.2 Å². The summed E-state index contributed by atoms with van der Waals surface area (Å²) < 4.78 is 0. The zero-order valence-electron chi connectivity index (χ0n) is 13.5. The molecule has 6 nitrogen and oxygen atoms in total. The third kappa shape index (κ3) is 5.91. The zero-order chi connectivity index (χ0) is 15.8. The van der Waals surface area contributed by atoms with Crippen LogP contribution in [0.25, 0.3) is 0 Å². The van der Waals surface area contributed by atoms with Crippen molar-refractivity contribution in [3.8, 4) is 0 Å². The van der Waals surface area contributed by atoms with Crippen molar-refractivity contribution in [3.63, 3.8) is 0 Å². The maximum atomic E-state index is 12.1. The van der Waals surface area contributed by atoms with E-state index in [0.717, 1.165) is 32.2 Å². The molecule has 0 spiro atoms. The summed E-state index contributed by atoms with van der Waals surface area (Å²) in [5.41, 5.74) is 0. The van der Waals surface area contributed by atoms with Crippen LogP contribution >= 0.6 is 0 Å². The number of piperidine rings is 1. The van der Waals surface area contributed by atoms with Crippen LogP contribution in [0.1, 0.15) is 39.0 Å². The molecule has 0 aromatic heterocycles. The van der Waals surface area contributed by atoms with E-state index in [-0.39, 0.29) is 6.03 Å². The Morgan fingerprint density at radius 3 is 2.62 bits per heavy atom. The maximum absolute atomic E-state index is 12.1. The third-order valence-electron chi connectivity index (χ3n) is 4.14. The number of nitrogens with zero attached hydrogens (tertiary/aromatic N) is 2. The molecular formula is C15H29N3O3. The smallest absolute Gasteiger partial charge is 0.326 e. The summed E-state index contributed by atoms with van der Waals surface area (Å²) in [7, 11) is 4.04. The standard InChI is InChI=1S/C15H29N3O3/c1-4-12-7-10-18(13(11-12)14(19)20)15(21)16-8-5-6-9-17(2)3/h12-13H,4-11H2,1-3H3,(H,16,21)(H,19,20). The molecule has 0 aromatic rings. The molecule has 122 valence electrons. The molecule has 1 rings (SSSR count). The number of unbranched alkanes of at least 4 members (excludes halogenated alkanes) is 1. The Balaban J connectivity index is 2.39. The molecule has 1 aliphatic heterocycles. The molecule has 0 aliphatic carbocycles. The van der Waals surface area contributed by atoms with Gasteiger partial charge in [-0.15, -0.1) is 0 Å². The minimum absolute atomic E-state index is 0.234. The van der Waals surface area contributed by atoms with E-state index in [0.29, 0.717) is 25.4 Å². The number of nitrogens with one attached hydrogen (secondary N) is 1. The van der Waals surface area contributed by atoms with E-state index < -0.39 is 12.0 Å². The van der Waals surface area contributed by atoms with Crippen LogP contribution in [-0.4, -0.2) is 66.7 Å². The number of rotatable bonds is 7. The first-order chi connectivity index (χ1) is 9.95. The van der Waals surface area contributed by atoms with Gasteiger partial charge in [0.2, 0.25) is 0 Å². The third-order valence-corrected chi connectivity index (χ3v) is 4.14. The average Bonchev–Trinajstić information content (AvgIpc) is 2.45. The van der Waals surface area contributed by atoms with Crippen LogP contribution in [0.4, 0.5) is 4.79 Å². The molecule has 2 amide bonds. The Morgan fingerprint density at radius 2 is 2.05 bits per heavy atom. The van der Waals surface area contributed by atoms with Gasteiger partial charge in [-0.05, 0) is 52.2 Å². The molecule has 21 heavy (non-hydrogen) atoms. The number of carboxylic acid groups (broad SMARTS) is 1. The largest absolute Gasteiger partial charge is 0.480 e. The molecule has 1 heterocycles. The van der Waals surface area contributed by atoms with E-state index in [4.69, 9.17) is 0 Å². The molecule has 2 atom stereocenters. The first-order valence-corrected chi connectivity index (χ1v) is 7.87. The molecule has 1 saturated heterocycles. The normalized spacial score (nSPS) is 22.4. The van der Waals surface area contributed by atoms with Gasteiger partial charge in [0, 0.05) is 13.1 Å². The number of carboxylic acids is 1. The van der Waals surface area contributed by atoms with Gasteiger partial charge in [0.1, 0.15) is 6.04 Å². The Kier molecular flexibility index (Phi) is 7.50. The van der Waals surface area contributed by atoms with Crippen LogP contribution in [0.5, 0.6) is 0 Å². The lowest BCUT2D eigenvalue weighted by Gasteiger charge is -2.36. The van der Waals surface area contributed by atoms with Gasteiger partial charge in [-0.2, -0.15) is 0 Å². The van der Waals surface area contributed by atoms with Crippen molar-refractivity contribution in [1.29, 1.82) is 0 Å². The minimum atomic E-state index is -0.893. The summed E-state index contributed by atoms with van der Waals surface area (Å²) in [6, 6.07) is -0.910. The number of likely N-dealkylation sites (tertiary alicyclic amines) is 1. The minimum Gasteiger partial charge on any atom is -0.480 e. The maximum Gasteiger partial charge on any atom is 0.326 e. The zero-order valence-corrected chi connectivity index (χ0v) is 13.5. The Bertz CT molecular complexity index is 347. The number of amides is 2. The highest BCUT2D eigenvalue weighted by Crippen LogP contribution is 2.25. The average molecular weight is 299 g/mol. The Labute approximate surface area is 127 Å². The van der Waals surface area contributed by atoms with Gasteiger partial charge in [0.25, 0.3) is 0 Å². The van der Waals surface area contributed by atoms with Gasteiger partial charge >= 0.3 is 12.0 Å². The Hall–Kier alpha value is -1.30. The van der Waals surface area contributed by atoms with Crippen molar-refractivity contribution in [2.75, 3.05) is 33.7 Å². The van der Waals surface area contributed by atoms with Gasteiger partial charge in [-0.3, -0.25) is 0 Å². The van der Waals surface area contributed by atoms with E-state index in [9.17, 15) is 14.7 Å². The number of urea groups is 1. The quantitative estimate of drug-likeness (QED) is 0.701. The molecule has 0 aromatic carbocycles. The monoisotopic (exact) mass is 299 g/mol. The molecule has 2 N–H and O–H groups in total. The first-order valence-electron chi connectivity index (χ1n) is 7.87. The molecular weight excluding hydrogens is 270 g/mol. The number of hydrogen-bond donors (Lipinski definition) is 2. The van der Waals surface area contributed by atoms with Crippen molar-refractivity contribution in [1.82, 2.24) is 15.1 Å². The van der Waals surface area contributed by atoms with E-state index in [2.05, 4.69) is 17.1 Å². The van der Waals surface area contributed by atoms with Crippen molar-refractivity contribution in [3.05, 3.63) is 0 Å². The van der Waals surface area contributed by atoms with E-state index >= 15 is 0 Å². The molecule has 6 heteroatoms. The summed E-state index contributed by atoms with van der Waals surface area (Å²) in [5.74, 6) is -0.480. The summed E-state index contributed by atoms with van der Waals surface area (Å²) in [5, 5.41) is 12.2. The van der Waals surface area contributed by atoms with Crippen LogP contribution < -0.4 is 5.32 Å². The van der Waals surface area contributed by atoms with Crippen molar-refractivity contribution >= 4 is 12.0 Å². The highest BCUT2D eigenvalue weighted by molar-refractivity contribution is 5.82. The number of hydrogen-bond acceptors (Lipinski definition) is 3. The van der Waals surface area contributed by atoms with Crippen LogP contribution in [0, 0.1) is 5.92 Å². The van der Waals surface area contributed by atoms with E-state index in [1.807, 2.05) is 14.1 Å². The second-order valence-corrected chi connectivity index (χ2v) is 6.09. The highest BCUT2D eigenvalue weighted by atomic mass is 16.4. The summed E-state index contributed by atoms with van der Waals surface area (Å²) in [4.78, 5) is 27.1. The Morgan fingerprint density at radius 1 is 1.33 bits per heavy atom. The first kappa shape index (κ1) is 17.8. The molecule has 0 saturated carbocycles. The predicted molar refractivity (Wildman–Crippen MR) is 82.3 cm³/mol. The number of aliphatic carboxylic acids is 1. The predicted octanol–water partition coefficient (Wildman–Crippen LogP) is 1.61. The molecule has 0 bridgehead atoms. The lowest BCUT2D eigenvalue weighted by Crippen LogP contribution is -2.53. The topological polar surface area (TPSA) is 72.9 Å². The fourth-order valence-corrected chi connectivity index (χ4v) is 2.74. The fourth-order valence-electron chi connectivity index (χ4n) is 2.74. The fraction of sp³-hybridized carbons (Fsp3) is 0.867. The lowest BCUT2D eigenvalue weighted by atomic mass is 9.89.